The number of hydrogen-bond donors (Lipinski definition) is 2. The van der Waals surface area contributed by atoms with Gasteiger partial charge in [-0.25, -0.2) is 0 Å². The summed E-state index contributed by atoms with van der Waals surface area (Å²) in [6, 6.07) is 8.48. The van der Waals surface area contributed by atoms with Crippen LogP contribution in [0.15, 0.2) is 47.1 Å². The van der Waals surface area contributed by atoms with E-state index in [1.165, 1.54) is 18.4 Å². The number of ether oxygens (including phenoxy) is 1. The average Bonchev–Trinajstić information content (AvgIpc) is 3.44. The van der Waals surface area contributed by atoms with Gasteiger partial charge in [0.15, 0.2) is 5.76 Å². The third kappa shape index (κ3) is 5.20. The van der Waals surface area contributed by atoms with Crippen LogP contribution in [0, 0.1) is 6.92 Å². The highest BCUT2D eigenvalue weighted by molar-refractivity contribution is 7.18. The third-order valence-corrected chi connectivity index (χ3v) is 6.19. The van der Waals surface area contributed by atoms with Crippen molar-refractivity contribution in [3.63, 3.8) is 0 Å². The molecular formula is C22H20F3N3O4S. The molecule has 1 saturated heterocycles. The van der Waals surface area contributed by atoms with Crippen molar-refractivity contribution in [3.05, 3.63) is 64.4 Å². The Bertz CT molecular complexity index is 1150. The highest BCUT2D eigenvalue weighted by Gasteiger charge is 2.35. The summed E-state index contributed by atoms with van der Waals surface area (Å²) in [6.45, 7) is 3.50. The van der Waals surface area contributed by atoms with E-state index in [1.54, 1.807) is 25.1 Å². The summed E-state index contributed by atoms with van der Waals surface area (Å²) in [5.74, 6) is -1.09. The molecule has 4 rings (SSSR count). The number of anilines is 3. The minimum atomic E-state index is -4.66. The molecular weight excluding hydrogens is 459 g/mol. The van der Waals surface area contributed by atoms with Crippen LogP contribution in [0.3, 0.4) is 0 Å². The van der Waals surface area contributed by atoms with Crippen molar-refractivity contribution < 1.29 is 31.9 Å². The predicted octanol–water partition coefficient (Wildman–Crippen LogP) is 5.01. The molecule has 0 aliphatic carbocycles. The third-order valence-electron chi connectivity index (χ3n) is 5.04. The lowest BCUT2D eigenvalue weighted by atomic mass is 10.1. The number of benzene rings is 1. The largest absolute Gasteiger partial charge is 0.459 e. The average molecular weight is 479 g/mol. The van der Waals surface area contributed by atoms with Gasteiger partial charge < -0.3 is 24.7 Å². The van der Waals surface area contributed by atoms with E-state index in [2.05, 4.69) is 10.6 Å². The zero-order valence-corrected chi connectivity index (χ0v) is 18.3. The molecule has 3 heterocycles. The van der Waals surface area contributed by atoms with Crippen molar-refractivity contribution in [2.24, 2.45) is 0 Å². The normalized spacial score (nSPS) is 14.2. The molecule has 0 radical (unpaired) electrons. The van der Waals surface area contributed by atoms with Crippen molar-refractivity contribution in [1.82, 2.24) is 0 Å². The molecule has 3 aromatic rings. The van der Waals surface area contributed by atoms with E-state index in [9.17, 15) is 22.8 Å². The van der Waals surface area contributed by atoms with Crippen LogP contribution in [-0.2, 0) is 10.9 Å². The van der Waals surface area contributed by atoms with Gasteiger partial charge in [0.25, 0.3) is 11.8 Å². The molecule has 2 amide bonds. The van der Waals surface area contributed by atoms with Gasteiger partial charge in [0.2, 0.25) is 0 Å². The van der Waals surface area contributed by atoms with E-state index in [1.807, 2.05) is 4.90 Å². The van der Waals surface area contributed by atoms with Gasteiger partial charge >= 0.3 is 6.18 Å². The molecule has 11 heteroatoms. The summed E-state index contributed by atoms with van der Waals surface area (Å²) >= 11 is 0.963. The van der Waals surface area contributed by atoms with E-state index in [-0.39, 0.29) is 16.3 Å². The molecule has 2 aromatic heterocycles. The first-order valence-electron chi connectivity index (χ1n) is 10.0. The first-order chi connectivity index (χ1) is 15.7. The number of nitrogens with one attached hydrogen (secondary N) is 2. The maximum atomic E-state index is 13.8. The van der Waals surface area contributed by atoms with Crippen LogP contribution in [0.25, 0.3) is 0 Å². The minimum Gasteiger partial charge on any atom is -0.459 e. The second-order valence-corrected chi connectivity index (χ2v) is 8.39. The standard InChI is InChI=1S/C22H20F3N3O4S/c1-13-11-18(27-20(29)17-3-2-8-32-17)33-19(13)21(30)26-16-5-4-14(12-15(16)22(23,24)25)28-6-9-31-10-7-28/h2-5,8,11-12H,6-7,9-10H2,1H3,(H,26,30)(H,27,29). The lowest BCUT2D eigenvalue weighted by Gasteiger charge is -2.29. The zero-order valence-electron chi connectivity index (χ0n) is 17.5. The van der Waals surface area contributed by atoms with Crippen molar-refractivity contribution >= 4 is 39.5 Å². The number of carbonyl (C=O) groups excluding carboxylic acids is 2. The van der Waals surface area contributed by atoms with Gasteiger partial charge in [-0.2, -0.15) is 13.2 Å². The van der Waals surface area contributed by atoms with Crippen molar-refractivity contribution in [2.75, 3.05) is 41.8 Å². The molecule has 7 nitrogen and oxygen atoms in total. The topological polar surface area (TPSA) is 83.8 Å². The monoisotopic (exact) mass is 479 g/mol. The van der Waals surface area contributed by atoms with Crippen LogP contribution < -0.4 is 15.5 Å². The number of aryl methyl sites for hydroxylation is 1. The summed E-state index contributed by atoms with van der Waals surface area (Å²) in [7, 11) is 0. The Morgan fingerprint density at radius 1 is 1.06 bits per heavy atom. The first kappa shape index (κ1) is 22.9. The van der Waals surface area contributed by atoms with E-state index >= 15 is 0 Å². The fourth-order valence-corrected chi connectivity index (χ4v) is 4.39. The number of morpholine rings is 1. The van der Waals surface area contributed by atoms with Gasteiger partial charge in [0, 0.05) is 18.8 Å². The van der Waals surface area contributed by atoms with Crippen LogP contribution in [-0.4, -0.2) is 38.1 Å². The van der Waals surface area contributed by atoms with Gasteiger partial charge in [-0.05, 0) is 48.9 Å². The van der Waals surface area contributed by atoms with Gasteiger partial charge in [-0.1, -0.05) is 0 Å². The highest BCUT2D eigenvalue weighted by Crippen LogP contribution is 2.38. The number of amides is 2. The van der Waals surface area contributed by atoms with Gasteiger partial charge in [-0.3, -0.25) is 9.59 Å². The van der Waals surface area contributed by atoms with Crippen LogP contribution in [0.4, 0.5) is 29.5 Å². The van der Waals surface area contributed by atoms with Crippen molar-refractivity contribution in [2.45, 2.75) is 13.1 Å². The molecule has 33 heavy (non-hydrogen) atoms. The highest BCUT2D eigenvalue weighted by atomic mass is 32.1. The number of thiophene rings is 1. The quantitative estimate of drug-likeness (QED) is 0.538. The molecule has 1 aliphatic rings. The first-order valence-corrected chi connectivity index (χ1v) is 10.8. The molecule has 0 spiro atoms. The number of hydrogen-bond acceptors (Lipinski definition) is 6. The fraction of sp³-hybridized carbons (Fsp3) is 0.273. The Hall–Kier alpha value is -3.31. The van der Waals surface area contributed by atoms with E-state index in [4.69, 9.17) is 9.15 Å². The number of nitrogens with zero attached hydrogens (tertiary/aromatic N) is 1. The number of alkyl halides is 3. The summed E-state index contributed by atoms with van der Waals surface area (Å²) in [5.41, 5.74) is -0.330. The molecule has 1 fully saturated rings. The number of carbonyl (C=O) groups is 2. The summed E-state index contributed by atoms with van der Waals surface area (Å²) in [5, 5.41) is 5.36. The second kappa shape index (κ2) is 9.28. The molecule has 1 aliphatic heterocycles. The molecule has 1 aromatic carbocycles. The van der Waals surface area contributed by atoms with Crippen LogP contribution in [0.1, 0.15) is 31.4 Å². The lowest BCUT2D eigenvalue weighted by Crippen LogP contribution is -2.36. The van der Waals surface area contributed by atoms with E-state index in [0.717, 1.165) is 17.4 Å². The second-order valence-electron chi connectivity index (χ2n) is 7.34. The summed E-state index contributed by atoms with van der Waals surface area (Å²) < 4.78 is 51.6. The van der Waals surface area contributed by atoms with Gasteiger partial charge in [-0.15, -0.1) is 11.3 Å². The van der Waals surface area contributed by atoms with Crippen molar-refractivity contribution in [1.29, 1.82) is 0 Å². The maximum Gasteiger partial charge on any atom is 0.418 e. The van der Waals surface area contributed by atoms with E-state index in [0.29, 0.717) is 42.6 Å². The van der Waals surface area contributed by atoms with Crippen LogP contribution in [0.2, 0.25) is 0 Å². The molecule has 0 bridgehead atoms. The maximum absolute atomic E-state index is 13.8. The molecule has 2 N–H and O–H groups in total. The predicted molar refractivity (Wildman–Crippen MR) is 118 cm³/mol. The van der Waals surface area contributed by atoms with Gasteiger partial charge in [0.05, 0.1) is 40.6 Å². The van der Waals surface area contributed by atoms with Crippen LogP contribution >= 0.6 is 11.3 Å². The Labute approximate surface area is 191 Å². The molecule has 174 valence electrons. The number of rotatable bonds is 5. The molecule has 0 atom stereocenters. The Morgan fingerprint density at radius 3 is 2.48 bits per heavy atom. The Morgan fingerprint density at radius 2 is 1.82 bits per heavy atom. The number of furan rings is 1. The smallest absolute Gasteiger partial charge is 0.418 e. The van der Waals surface area contributed by atoms with Crippen LogP contribution in [0.5, 0.6) is 0 Å². The summed E-state index contributed by atoms with van der Waals surface area (Å²) in [4.78, 5) is 26.9. The van der Waals surface area contributed by atoms with Gasteiger partial charge in [0.1, 0.15) is 0 Å². The number of halogens is 3. The fourth-order valence-electron chi connectivity index (χ4n) is 3.42. The molecule has 0 unspecified atom stereocenters. The zero-order chi connectivity index (χ0) is 23.6. The Kier molecular flexibility index (Phi) is 6.43. The molecule has 0 saturated carbocycles. The summed E-state index contributed by atoms with van der Waals surface area (Å²) in [6.07, 6.45) is -3.30. The lowest BCUT2D eigenvalue weighted by molar-refractivity contribution is -0.136. The minimum absolute atomic E-state index is 0.0993. The van der Waals surface area contributed by atoms with E-state index < -0.39 is 23.6 Å². The Balaban J connectivity index is 1.54. The van der Waals surface area contributed by atoms with Crippen molar-refractivity contribution in [3.8, 4) is 0 Å². The SMILES string of the molecule is Cc1cc(NC(=O)c2ccco2)sc1C(=O)Nc1ccc(N2CCOCC2)cc1C(F)(F)F.